The van der Waals surface area contributed by atoms with Gasteiger partial charge in [-0.3, -0.25) is 0 Å². The lowest BCUT2D eigenvalue weighted by Crippen LogP contribution is -1.89. The topological polar surface area (TPSA) is 45.0 Å². The molecule has 0 bridgehead atoms. The van der Waals surface area contributed by atoms with Gasteiger partial charge in [0.2, 0.25) is 0 Å². The van der Waals surface area contributed by atoms with Crippen LogP contribution in [-0.4, -0.2) is 18.4 Å². The van der Waals surface area contributed by atoms with Crippen LogP contribution in [0.5, 0.6) is 0 Å². The molecule has 0 radical (unpaired) electrons. The average molecular weight is 88.1 g/mol. The molecule has 0 aromatic heterocycles. The van der Waals surface area contributed by atoms with Gasteiger partial charge in [0.05, 0.1) is 0 Å². The quantitative estimate of drug-likeness (QED) is 0.463. The predicted octanol–water partition coefficient (Wildman–Crippen LogP) is 0.407. The van der Waals surface area contributed by atoms with Gasteiger partial charge >= 0.3 is 0 Å². The van der Waals surface area contributed by atoms with Crippen LogP contribution in [0.1, 0.15) is 6.92 Å². The first-order valence-corrected chi connectivity index (χ1v) is 1.74. The highest BCUT2D eigenvalue weighted by atomic mass is 16.3. The standard InChI is InChI=1S/C3H8N2O/c1-3(6)5-4-2/h3,6H,1-2H3. The van der Waals surface area contributed by atoms with E-state index >= 15 is 0 Å². The Morgan fingerprint density at radius 2 is 2.17 bits per heavy atom. The third-order valence-corrected chi connectivity index (χ3v) is 0.283. The lowest BCUT2D eigenvalue weighted by atomic mass is 10.7. The van der Waals surface area contributed by atoms with Crippen LogP contribution in [0.2, 0.25) is 0 Å². The van der Waals surface area contributed by atoms with Crippen molar-refractivity contribution in [2.24, 2.45) is 10.2 Å². The molecule has 0 aliphatic carbocycles. The number of hydrogen-bond acceptors (Lipinski definition) is 3. The van der Waals surface area contributed by atoms with Gasteiger partial charge in [0.25, 0.3) is 0 Å². The van der Waals surface area contributed by atoms with Crippen molar-refractivity contribution in [3.05, 3.63) is 0 Å². The maximum atomic E-state index is 8.29. The molecule has 3 nitrogen and oxygen atoms in total. The van der Waals surface area contributed by atoms with Crippen molar-refractivity contribution in [1.82, 2.24) is 0 Å². The third kappa shape index (κ3) is 3.56. The van der Waals surface area contributed by atoms with E-state index in [4.69, 9.17) is 5.11 Å². The highest BCUT2D eigenvalue weighted by Crippen LogP contribution is 1.78. The van der Waals surface area contributed by atoms with E-state index in [0.717, 1.165) is 0 Å². The Morgan fingerprint density at radius 1 is 1.67 bits per heavy atom. The van der Waals surface area contributed by atoms with Crippen molar-refractivity contribution in [1.29, 1.82) is 0 Å². The van der Waals surface area contributed by atoms with E-state index in [1.807, 2.05) is 0 Å². The molecule has 36 valence electrons. The highest BCUT2D eigenvalue weighted by Gasteiger charge is 1.80. The second-order valence-corrected chi connectivity index (χ2v) is 0.947. The van der Waals surface area contributed by atoms with E-state index in [9.17, 15) is 0 Å². The zero-order chi connectivity index (χ0) is 4.99. The van der Waals surface area contributed by atoms with Gasteiger partial charge in [-0.05, 0) is 6.92 Å². The Labute approximate surface area is 36.7 Å². The van der Waals surface area contributed by atoms with Gasteiger partial charge in [-0.15, -0.1) is 0 Å². The maximum absolute atomic E-state index is 8.29. The van der Waals surface area contributed by atoms with Crippen LogP contribution in [0.4, 0.5) is 0 Å². The molecular formula is C3H8N2O. The van der Waals surface area contributed by atoms with Crippen LogP contribution in [0.3, 0.4) is 0 Å². The fourth-order valence-corrected chi connectivity index (χ4v) is 0.167. The zero-order valence-corrected chi connectivity index (χ0v) is 3.92. The van der Waals surface area contributed by atoms with Gasteiger partial charge in [-0.1, -0.05) is 0 Å². The lowest BCUT2D eigenvalue weighted by molar-refractivity contribution is 0.196. The molecule has 0 heterocycles. The zero-order valence-electron chi connectivity index (χ0n) is 3.92. The molecule has 0 rings (SSSR count). The maximum Gasteiger partial charge on any atom is 0.162 e. The van der Waals surface area contributed by atoms with Crippen molar-refractivity contribution in [2.45, 2.75) is 13.2 Å². The summed E-state index contributed by atoms with van der Waals surface area (Å²) in [5, 5.41) is 14.9. The Morgan fingerprint density at radius 3 is 2.17 bits per heavy atom. The second kappa shape index (κ2) is 2.78. The van der Waals surface area contributed by atoms with Crippen molar-refractivity contribution in [2.75, 3.05) is 7.05 Å². The number of aliphatic hydroxyl groups is 1. The first kappa shape index (κ1) is 5.56. The van der Waals surface area contributed by atoms with E-state index in [0.29, 0.717) is 0 Å². The summed E-state index contributed by atoms with van der Waals surface area (Å²) in [4.78, 5) is 0. The van der Waals surface area contributed by atoms with Crippen LogP contribution in [0.25, 0.3) is 0 Å². The summed E-state index contributed by atoms with van der Waals surface area (Å²) >= 11 is 0. The van der Waals surface area contributed by atoms with Crippen LogP contribution < -0.4 is 0 Å². The molecule has 0 fully saturated rings. The molecule has 0 aliphatic rings. The van der Waals surface area contributed by atoms with Crippen molar-refractivity contribution < 1.29 is 5.11 Å². The summed E-state index contributed by atoms with van der Waals surface area (Å²) in [5.41, 5.74) is 0. The molecule has 0 aliphatic heterocycles. The summed E-state index contributed by atoms with van der Waals surface area (Å²) < 4.78 is 0. The number of azo groups is 1. The van der Waals surface area contributed by atoms with E-state index in [-0.39, 0.29) is 0 Å². The number of rotatable bonds is 1. The fourth-order valence-electron chi connectivity index (χ4n) is 0.167. The van der Waals surface area contributed by atoms with E-state index in [1.165, 1.54) is 7.05 Å². The number of hydrogen-bond donors (Lipinski definition) is 1. The Balaban J connectivity index is 3.03. The van der Waals surface area contributed by atoms with Gasteiger partial charge in [0.1, 0.15) is 0 Å². The van der Waals surface area contributed by atoms with Crippen LogP contribution >= 0.6 is 0 Å². The molecule has 1 N–H and O–H groups in total. The van der Waals surface area contributed by atoms with Gasteiger partial charge in [0, 0.05) is 7.05 Å². The Bertz CT molecular complexity index is 50.8. The van der Waals surface area contributed by atoms with Crippen molar-refractivity contribution in [3.8, 4) is 0 Å². The lowest BCUT2D eigenvalue weighted by Gasteiger charge is -1.85. The van der Waals surface area contributed by atoms with E-state index in [2.05, 4.69) is 10.2 Å². The van der Waals surface area contributed by atoms with Crippen molar-refractivity contribution >= 4 is 0 Å². The van der Waals surface area contributed by atoms with Crippen LogP contribution in [0, 0.1) is 0 Å². The minimum Gasteiger partial charge on any atom is -0.370 e. The highest BCUT2D eigenvalue weighted by molar-refractivity contribution is 4.28. The molecule has 0 spiro atoms. The largest absolute Gasteiger partial charge is 0.370 e. The van der Waals surface area contributed by atoms with Gasteiger partial charge in [-0.25, -0.2) is 0 Å². The first-order valence-electron chi connectivity index (χ1n) is 1.74. The van der Waals surface area contributed by atoms with Crippen LogP contribution in [-0.2, 0) is 0 Å². The molecule has 3 heteroatoms. The molecule has 1 atom stereocenters. The Hall–Kier alpha value is -0.440. The molecule has 0 saturated heterocycles. The summed E-state index contributed by atoms with van der Waals surface area (Å²) in [6, 6.07) is 0. The predicted molar refractivity (Wildman–Crippen MR) is 22.5 cm³/mol. The van der Waals surface area contributed by atoms with Crippen molar-refractivity contribution in [3.63, 3.8) is 0 Å². The second-order valence-electron chi connectivity index (χ2n) is 0.947. The summed E-state index contributed by atoms with van der Waals surface area (Å²) in [5.74, 6) is 0. The molecule has 6 heavy (non-hydrogen) atoms. The molecule has 1 unspecified atom stereocenters. The molecule has 0 aromatic carbocycles. The number of nitrogens with zero attached hydrogens (tertiary/aromatic N) is 2. The Kier molecular flexibility index (Phi) is 2.58. The molecule has 0 saturated carbocycles. The van der Waals surface area contributed by atoms with Gasteiger partial charge in [0.15, 0.2) is 6.23 Å². The van der Waals surface area contributed by atoms with Crippen LogP contribution in [0.15, 0.2) is 10.2 Å². The SMILES string of the molecule is CN=NC(C)O. The van der Waals surface area contributed by atoms with Gasteiger partial charge < -0.3 is 5.11 Å². The minimum atomic E-state index is -0.644. The first-order chi connectivity index (χ1) is 2.77. The molecular weight excluding hydrogens is 80.0 g/mol. The number of aliphatic hydroxyl groups excluding tert-OH is 1. The monoisotopic (exact) mass is 88.1 g/mol. The molecule has 0 aromatic rings. The van der Waals surface area contributed by atoms with Gasteiger partial charge in [-0.2, -0.15) is 10.2 Å². The summed E-state index contributed by atoms with van der Waals surface area (Å²) in [6.45, 7) is 1.55. The average Bonchev–Trinajstić information content (AvgIpc) is 1.35. The smallest absolute Gasteiger partial charge is 0.162 e. The molecule has 0 amide bonds. The van der Waals surface area contributed by atoms with E-state index < -0.39 is 6.23 Å². The third-order valence-electron chi connectivity index (χ3n) is 0.283. The summed E-state index contributed by atoms with van der Waals surface area (Å²) in [7, 11) is 1.52. The summed E-state index contributed by atoms with van der Waals surface area (Å²) in [6.07, 6.45) is -0.644. The minimum absolute atomic E-state index is 0.644. The fraction of sp³-hybridized carbons (Fsp3) is 1.00. The normalized spacial score (nSPS) is 15.8. The van der Waals surface area contributed by atoms with E-state index in [1.54, 1.807) is 6.92 Å².